The van der Waals surface area contributed by atoms with Gasteiger partial charge in [-0.05, 0) is 19.1 Å². The molecule has 1 N–H and O–H groups in total. The third-order valence-electron chi connectivity index (χ3n) is 3.63. The predicted molar refractivity (Wildman–Crippen MR) is 76.6 cm³/mol. The van der Waals surface area contributed by atoms with E-state index in [0.717, 1.165) is 24.1 Å². The molecule has 0 saturated heterocycles. The molecule has 2 aromatic carbocycles. The van der Waals surface area contributed by atoms with Gasteiger partial charge in [-0.3, -0.25) is 4.79 Å². The molecule has 0 spiro atoms. The quantitative estimate of drug-likeness (QED) is 0.852. The molecule has 0 atom stereocenters. The van der Waals surface area contributed by atoms with E-state index in [1.54, 1.807) is 0 Å². The van der Waals surface area contributed by atoms with Gasteiger partial charge in [-0.2, -0.15) is 0 Å². The minimum atomic E-state index is -0.0623. The van der Waals surface area contributed by atoms with Crippen molar-refractivity contribution in [1.82, 2.24) is 5.32 Å². The number of hydrogen-bond acceptors (Lipinski definition) is 2. The van der Waals surface area contributed by atoms with Crippen molar-refractivity contribution in [3.8, 4) is 0 Å². The second kappa shape index (κ2) is 4.76. The summed E-state index contributed by atoms with van der Waals surface area (Å²) in [4.78, 5) is 13.2. The SMILES string of the molecule is CCN1c2ccccc2C(NC=O)c2ccccc21. The maximum Gasteiger partial charge on any atom is 0.207 e. The van der Waals surface area contributed by atoms with Crippen LogP contribution in [0.25, 0.3) is 0 Å². The van der Waals surface area contributed by atoms with Crippen molar-refractivity contribution in [2.75, 3.05) is 11.4 Å². The molecular formula is C16H16N2O. The fourth-order valence-electron chi connectivity index (χ4n) is 2.84. The lowest BCUT2D eigenvalue weighted by Crippen LogP contribution is -2.31. The largest absolute Gasteiger partial charge is 0.348 e. The summed E-state index contributed by atoms with van der Waals surface area (Å²) < 4.78 is 0. The average molecular weight is 252 g/mol. The highest BCUT2D eigenvalue weighted by molar-refractivity contribution is 5.76. The Labute approximate surface area is 112 Å². The Morgan fingerprint density at radius 2 is 1.58 bits per heavy atom. The van der Waals surface area contributed by atoms with Gasteiger partial charge in [0, 0.05) is 29.0 Å². The number of nitrogens with zero attached hydrogens (tertiary/aromatic N) is 1. The molecule has 0 fully saturated rings. The number of amides is 1. The fraction of sp³-hybridized carbons (Fsp3) is 0.188. The minimum Gasteiger partial charge on any atom is -0.348 e. The number of carbonyl (C=O) groups excluding carboxylic acids is 1. The van der Waals surface area contributed by atoms with Crippen molar-refractivity contribution in [3.63, 3.8) is 0 Å². The number of hydrogen-bond donors (Lipinski definition) is 1. The number of nitrogens with one attached hydrogen (secondary N) is 1. The molecule has 0 unspecified atom stereocenters. The molecule has 0 aliphatic carbocycles. The monoisotopic (exact) mass is 252 g/mol. The fourth-order valence-corrected chi connectivity index (χ4v) is 2.84. The summed E-state index contributed by atoms with van der Waals surface area (Å²) in [6.07, 6.45) is 0.778. The van der Waals surface area contributed by atoms with E-state index in [4.69, 9.17) is 0 Å². The zero-order valence-electron chi connectivity index (χ0n) is 10.8. The second-order valence-electron chi connectivity index (χ2n) is 4.58. The van der Waals surface area contributed by atoms with Gasteiger partial charge in [-0.25, -0.2) is 0 Å². The highest BCUT2D eigenvalue weighted by Gasteiger charge is 2.28. The highest BCUT2D eigenvalue weighted by Crippen LogP contribution is 2.43. The number of para-hydroxylation sites is 2. The summed E-state index contributed by atoms with van der Waals surface area (Å²) in [6, 6.07) is 16.4. The van der Waals surface area contributed by atoms with Gasteiger partial charge in [-0.1, -0.05) is 36.4 Å². The third kappa shape index (κ3) is 1.78. The van der Waals surface area contributed by atoms with Crippen molar-refractivity contribution in [3.05, 3.63) is 59.7 Å². The van der Waals surface area contributed by atoms with Crippen molar-refractivity contribution in [2.45, 2.75) is 13.0 Å². The van der Waals surface area contributed by atoms with Crippen LogP contribution in [0.5, 0.6) is 0 Å². The van der Waals surface area contributed by atoms with Gasteiger partial charge in [0.15, 0.2) is 0 Å². The van der Waals surface area contributed by atoms with E-state index in [1.165, 1.54) is 11.4 Å². The summed E-state index contributed by atoms with van der Waals surface area (Å²) in [7, 11) is 0. The smallest absolute Gasteiger partial charge is 0.207 e. The van der Waals surface area contributed by atoms with Gasteiger partial charge in [0.1, 0.15) is 0 Å². The Bertz CT molecular complexity index is 562. The Morgan fingerprint density at radius 3 is 2.05 bits per heavy atom. The zero-order valence-corrected chi connectivity index (χ0v) is 10.8. The van der Waals surface area contributed by atoms with E-state index >= 15 is 0 Å². The molecule has 3 nitrogen and oxygen atoms in total. The standard InChI is InChI=1S/C16H16N2O/c1-2-18-14-9-5-3-7-12(14)16(17-11-19)13-8-4-6-10-15(13)18/h3-11,16H,2H2,1H3,(H,17,19). The number of benzene rings is 2. The van der Waals surface area contributed by atoms with Crippen LogP contribution in [0.1, 0.15) is 24.1 Å². The van der Waals surface area contributed by atoms with Crippen LogP contribution in [-0.2, 0) is 4.79 Å². The van der Waals surface area contributed by atoms with Crippen LogP contribution < -0.4 is 10.2 Å². The molecule has 1 aliphatic rings. The molecule has 0 radical (unpaired) electrons. The Morgan fingerprint density at radius 1 is 1.05 bits per heavy atom. The molecule has 19 heavy (non-hydrogen) atoms. The maximum absolute atomic E-state index is 10.9. The Kier molecular flexibility index (Phi) is 2.95. The first-order chi connectivity index (χ1) is 9.36. The van der Waals surface area contributed by atoms with E-state index < -0.39 is 0 Å². The lowest BCUT2D eigenvalue weighted by atomic mass is 9.91. The Hall–Kier alpha value is -2.29. The van der Waals surface area contributed by atoms with Crippen LogP contribution in [0.15, 0.2) is 48.5 Å². The summed E-state index contributed by atoms with van der Waals surface area (Å²) in [5, 5.41) is 2.93. The van der Waals surface area contributed by atoms with Gasteiger partial charge in [-0.15, -0.1) is 0 Å². The molecule has 3 heteroatoms. The zero-order chi connectivity index (χ0) is 13.2. The van der Waals surface area contributed by atoms with Crippen LogP contribution in [0.2, 0.25) is 0 Å². The molecule has 0 bridgehead atoms. The van der Waals surface area contributed by atoms with Crippen LogP contribution in [0.3, 0.4) is 0 Å². The maximum atomic E-state index is 10.9. The van der Waals surface area contributed by atoms with E-state index in [-0.39, 0.29) is 6.04 Å². The van der Waals surface area contributed by atoms with Crippen molar-refractivity contribution >= 4 is 17.8 Å². The van der Waals surface area contributed by atoms with E-state index in [9.17, 15) is 4.79 Å². The highest BCUT2D eigenvalue weighted by atomic mass is 16.1. The van der Waals surface area contributed by atoms with Crippen LogP contribution >= 0.6 is 0 Å². The van der Waals surface area contributed by atoms with Gasteiger partial charge in [0.2, 0.25) is 6.41 Å². The third-order valence-corrected chi connectivity index (χ3v) is 3.63. The number of anilines is 2. The molecule has 1 heterocycles. The molecule has 0 saturated carbocycles. The molecule has 1 aliphatic heterocycles. The van der Waals surface area contributed by atoms with Crippen molar-refractivity contribution in [1.29, 1.82) is 0 Å². The van der Waals surface area contributed by atoms with E-state index in [1.807, 2.05) is 24.3 Å². The Balaban J connectivity index is 2.23. The number of fused-ring (bicyclic) bond motifs is 2. The second-order valence-corrected chi connectivity index (χ2v) is 4.58. The summed E-state index contributed by atoms with van der Waals surface area (Å²) in [5.41, 5.74) is 4.64. The topological polar surface area (TPSA) is 32.3 Å². The van der Waals surface area contributed by atoms with E-state index in [2.05, 4.69) is 41.4 Å². The predicted octanol–water partition coefficient (Wildman–Crippen LogP) is 2.99. The van der Waals surface area contributed by atoms with E-state index in [0.29, 0.717) is 0 Å². The molecule has 3 rings (SSSR count). The van der Waals surface area contributed by atoms with Crippen LogP contribution in [0, 0.1) is 0 Å². The molecule has 96 valence electrons. The lowest BCUT2D eigenvalue weighted by molar-refractivity contribution is -0.110. The molecule has 1 amide bonds. The summed E-state index contributed by atoms with van der Waals surface area (Å²) in [5.74, 6) is 0. The van der Waals surface area contributed by atoms with Gasteiger partial charge in [0.05, 0.1) is 6.04 Å². The number of carbonyl (C=O) groups is 1. The van der Waals surface area contributed by atoms with Gasteiger partial charge >= 0.3 is 0 Å². The first kappa shape index (κ1) is 11.8. The van der Waals surface area contributed by atoms with Crippen molar-refractivity contribution < 1.29 is 4.79 Å². The lowest BCUT2D eigenvalue weighted by Gasteiger charge is -2.36. The first-order valence-electron chi connectivity index (χ1n) is 6.52. The number of rotatable bonds is 3. The minimum absolute atomic E-state index is 0.0623. The van der Waals surface area contributed by atoms with Gasteiger partial charge < -0.3 is 10.2 Å². The summed E-state index contributed by atoms with van der Waals surface area (Å²) in [6.45, 7) is 3.04. The van der Waals surface area contributed by atoms with Crippen LogP contribution in [0.4, 0.5) is 11.4 Å². The molecule has 2 aromatic rings. The molecular weight excluding hydrogens is 236 g/mol. The average Bonchev–Trinajstić information content (AvgIpc) is 2.47. The van der Waals surface area contributed by atoms with Crippen molar-refractivity contribution in [2.24, 2.45) is 0 Å². The summed E-state index contributed by atoms with van der Waals surface area (Å²) >= 11 is 0. The normalized spacial score (nSPS) is 13.6. The van der Waals surface area contributed by atoms with Crippen LogP contribution in [-0.4, -0.2) is 13.0 Å². The molecule has 0 aromatic heterocycles. The first-order valence-corrected chi connectivity index (χ1v) is 6.52. The van der Waals surface area contributed by atoms with Gasteiger partial charge in [0.25, 0.3) is 0 Å².